The van der Waals surface area contributed by atoms with Gasteiger partial charge in [0, 0.05) is 0 Å². The lowest BCUT2D eigenvalue weighted by molar-refractivity contribution is -0.136. The van der Waals surface area contributed by atoms with Gasteiger partial charge in [0.1, 0.15) is 11.5 Å². The van der Waals surface area contributed by atoms with Gasteiger partial charge in [-0.15, -0.1) is 0 Å². The maximum Gasteiger partial charge on any atom is 0.344 e. The molecule has 90 valence electrons. The van der Waals surface area contributed by atoms with Gasteiger partial charge in [0.25, 0.3) is 0 Å². The second-order valence-corrected chi connectivity index (χ2v) is 3.48. The maximum atomic E-state index is 11.5. The van der Waals surface area contributed by atoms with E-state index in [1.54, 1.807) is 24.3 Å². The predicted octanol–water partition coefficient (Wildman–Crippen LogP) is -0.147. The molecule has 0 aliphatic carbocycles. The highest BCUT2D eigenvalue weighted by atomic mass is 16.6. The number of epoxide rings is 1. The summed E-state index contributed by atoms with van der Waals surface area (Å²) >= 11 is 0. The summed E-state index contributed by atoms with van der Waals surface area (Å²) in [4.78, 5) is 22.1. The molecule has 1 amide bonds. The van der Waals surface area contributed by atoms with Crippen LogP contribution in [-0.4, -0.2) is 31.2 Å². The van der Waals surface area contributed by atoms with Crippen LogP contribution in [-0.2, 0) is 14.3 Å². The van der Waals surface area contributed by atoms with Crippen molar-refractivity contribution in [2.75, 3.05) is 7.11 Å². The van der Waals surface area contributed by atoms with Crippen molar-refractivity contribution in [3.8, 4) is 11.5 Å². The summed E-state index contributed by atoms with van der Waals surface area (Å²) in [6, 6.07) is 6.47. The molecule has 17 heavy (non-hydrogen) atoms. The highest BCUT2D eigenvalue weighted by molar-refractivity contribution is 5.92. The van der Waals surface area contributed by atoms with E-state index in [2.05, 4.69) is 0 Å². The minimum Gasteiger partial charge on any atom is -0.497 e. The Kier molecular flexibility index (Phi) is 2.97. The van der Waals surface area contributed by atoms with E-state index >= 15 is 0 Å². The Bertz CT molecular complexity index is 442. The largest absolute Gasteiger partial charge is 0.497 e. The number of hydrogen-bond acceptors (Lipinski definition) is 5. The number of primary amides is 1. The van der Waals surface area contributed by atoms with Crippen LogP contribution in [0, 0.1) is 0 Å². The smallest absolute Gasteiger partial charge is 0.344 e. The van der Waals surface area contributed by atoms with E-state index in [-0.39, 0.29) is 0 Å². The first kappa shape index (κ1) is 11.4. The number of methoxy groups -OCH3 is 1. The second kappa shape index (κ2) is 4.42. The topological polar surface area (TPSA) is 91.2 Å². The number of amides is 1. The van der Waals surface area contributed by atoms with Gasteiger partial charge in [0.2, 0.25) is 5.91 Å². The van der Waals surface area contributed by atoms with E-state index in [9.17, 15) is 9.59 Å². The number of benzene rings is 1. The molecule has 1 fully saturated rings. The molecule has 1 saturated heterocycles. The molecular weight excluding hydrogens is 226 g/mol. The van der Waals surface area contributed by atoms with Crippen molar-refractivity contribution in [2.45, 2.75) is 12.2 Å². The van der Waals surface area contributed by atoms with Crippen molar-refractivity contribution in [3.63, 3.8) is 0 Å². The SMILES string of the molecule is COc1ccc(OC(=O)C2OC2C(N)=O)cc1. The Morgan fingerprint density at radius 1 is 1.18 bits per heavy atom. The van der Waals surface area contributed by atoms with Crippen LogP contribution >= 0.6 is 0 Å². The molecule has 2 rings (SSSR count). The average molecular weight is 237 g/mol. The summed E-state index contributed by atoms with van der Waals surface area (Å²) in [7, 11) is 1.54. The van der Waals surface area contributed by atoms with Crippen LogP contribution in [0.5, 0.6) is 11.5 Å². The monoisotopic (exact) mass is 237 g/mol. The van der Waals surface area contributed by atoms with Crippen molar-refractivity contribution in [1.29, 1.82) is 0 Å². The lowest BCUT2D eigenvalue weighted by Gasteiger charge is -2.03. The lowest BCUT2D eigenvalue weighted by Crippen LogP contribution is -2.25. The number of esters is 1. The molecule has 0 bridgehead atoms. The fraction of sp³-hybridized carbons (Fsp3) is 0.273. The number of carbonyl (C=O) groups excluding carboxylic acids is 2. The lowest BCUT2D eigenvalue weighted by atomic mass is 10.3. The minimum atomic E-state index is -0.880. The van der Waals surface area contributed by atoms with Gasteiger partial charge >= 0.3 is 5.97 Å². The van der Waals surface area contributed by atoms with Crippen LogP contribution in [0.1, 0.15) is 0 Å². The quantitative estimate of drug-likeness (QED) is 0.447. The van der Waals surface area contributed by atoms with Crippen LogP contribution in [0.15, 0.2) is 24.3 Å². The summed E-state index contributed by atoms with van der Waals surface area (Å²) in [5.41, 5.74) is 4.97. The standard InChI is InChI=1S/C11H11NO5/c1-15-6-2-4-7(5-3-6)16-11(14)9-8(17-9)10(12)13/h2-5,8-9H,1H3,(H2,12,13). The summed E-state index contributed by atoms with van der Waals surface area (Å²) < 4.78 is 14.7. The molecule has 0 radical (unpaired) electrons. The molecule has 2 N–H and O–H groups in total. The molecule has 6 nitrogen and oxygen atoms in total. The van der Waals surface area contributed by atoms with Gasteiger partial charge in [-0.2, -0.15) is 0 Å². The first-order valence-electron chi connectivity index (χ1n) is 4.92. The molecule has 0 spiro atoms. The Balaban J connectivity index is 1.93. The van der Waals surface area contributed by atoms with Crippen LogP contribution in [0.2, 0.25) is 0 Å². The van der Waals surface area contributed by atoms with E-state index < -0.39 is 24.1 Å². The van der Waals surface area contributed by atoms with E-state index in [4.69, 9.17) is 19.9 Å². The van der Waals surface area contributed by atoms with Crippen LogP contribution in [0.25, 0.3) is 0 Å². The molecule has 1 aliphatic rings. The third-order valence-electron chi connectivity index (χ3n) is 2.28. The zero-order valence-corrected chi connectivity index (χ0v) is 9.08. The fourth-order valence-corrected chi connectivity index (χ4v) is 1.33. The molecule has 1 aromatic carbocycles. The molecule has 2 atom stereocenters. The Morgan fingerprint density at radius 3 is 2.24 bits per heavy atom. The highest BCUT2D eigenvalue weighted by Gasteiger charge is 2.50. The van der Waals surface area contributed by atoms with Crippen molar-refractivity contribution in [1.82, 2.24) is 0 Å². The second-order valence-electron chi connectivity index (χ2n) is 3.48. The normalized spacial score (nSPS) is 21.7. The Labute approximate surface area is 97.3 Å². The number of carbonyl (C=O) groups is 2. The first-order chi connectivity index (χ1) is 8.11. The minimum absolute atomic E-state index is 0.356. The summed E-state index contributed by atoms with van der Waals surface area (Å²) in [6.07, 6.45) is -1.74. The number of ether oxygens (including phenoxy) is 3. The number of rotatable bonds is 4. The highest BCUT2D eigenvalue weighted by Crippen LogP contribution is 2.25. The van der Waals surface area contributed by atoms with E-state index in [1.165, 1.54) is 7.11 Å². The van der Waals surface area contributed by atoms with Crippen LogP contribution in [0.4, 0.5) is 0 Å². The molecule has 6 heteroatoms. The van der Waals surface area contributed by atoms with Gasteiger partial charge in [-0.25, -0.2) is 4.79 Å². The van der Waals surface area contributed by atoms with Crippen molar-refractivity contribution < 1.29 is 23.8 Å². The van der Waals surface area contributed by atoms with Gasteiger partial charge in [-0.3, -0.25) is 4.79 Å². The van der Waals surface area contributed by atoms with Crippen molar-refractivity contribution >= 4 is 11.9 Å². The van der Waals surface area contributed by atoms with Gasteiger partial charge in [-0.1, -0.05) is 0 Å². The molecule has 1 aromatic rings. The molecular formula is C11H11NO5. The van der Waals surface area contributed by atoms with E-state index in [0.29, 0.717) is 11.5 Å². The van der Waals surface area contributed by atoms with Gasteiger partial charge in [-0.05, 0) is 24.3 Å². The van der Waals surface area contributed by atoms with Crippen LogP contribution < -0.4 is 15.2 Å². The number of hydrogen-bond donors (Lipinski definition) is 1. The average Bonchev–Trinajstić information content (AvgIpc) is 3.10. The van der Waals surface area contributed by atoms with Gasteiger partial charge in [0.15, 0.2) is 12.2 Å². The summed E-state index contributed by atoms with van der Waals surface area (Å²) in [5.74, 6) is -0.280. The Hall–Kier alpha value is -2.08. The molecule has 1 heterocycles. The molecule has 0 saturated carbocycles. The van der Waals surface area contributed by atoms with Gasteiger partial charge < -0.3 is 19.9 Å². The maximum absolute atomic E-state index is 11.5. The van der Waals surface area contributed by atoms with E-state index in [1.807, 2.05) is 0 Å². The molecule has 0 aromatic heterocycles. The molecule has 1 aliphatic heterocycles. The van der Waals surface area contributed by atoms with Crippen LogP contribution in [0.3, 0.4) is 0 Å². The number of nitrogens with two attached hydrogens (primary N) is 1. The summed E-state index contributed by atoms with van der Waals surface area (Å²) in [5, 5.41) is 0. The first-order valence-corrected chi connectivity index (χ1v) is 4.92. The van der Waals surface area contributed by atoms with Crippen molar-refractivity contribution in [2.24, 2.45) is 5.73 Å². The third-order valence-corrected chi connectivity index (χ3v) is 2.28. The zero-order chi connectivity index (χ0) is 12.4. The summed E-state index contributed by atoms with van der Waals surface area (Å²) in [6.45, 7) is 0. The fourth-order valence-electron chi connectivity index (χ4n) is 1.33. The van der Waals surface area contributed by atoms with Crippen molar-refractivity contribution in [3.05, 3.63) is 24.3 Å². The zero-order valence-electron chi connectivity index (χ0n) is 9.08. The van der Waals surface area contributed by atoms with Gasteiger partial charge in [0.05, 0.1) is 7.11 Å². The third kappa shape index (κ3) is 2.54. The predicted molar refractivity (Wildman–Crippen MR) is 56.5 cm³/mol. The van der Waals surface area contributed by atoms with E-state index in [0.717, 1.165) is 0 Å². The molecule has 2 unspecified atom stereocenters. The Morgan fingerprint density at radius 2 is 1.76 bits per heavy atom.